The molecule has 0 bridgehead atoms. The molecule has 0 radical (unpaired) electrons. The number of rotatable bonds is 6. The summed E-state index contributed by atoms with van der Waals surface area (Å²) in [4.78, 5) is 4.20. The monoisotopic (exact) mass is 271 g/mol. The number of nitrogen functional groups attached to an aromatic ring is 1. The van der Waals surface area contributed by atoms with Gasteiger partial charge in [-0.3, -0.25) is 0 Å². The van der Waals surface area contributed by atoms with E-state index in [2.05, 4.69) is 10.3 Å². The smallest absolute Gasteiger partial charge is 0.193 e. The summed E-state index contributed by atoms with van der Waals surface area (Å²) in [6, 6.07) is 3.62. The molecule has 0 amide bonds. The first-order chi connectivity index (χ1) is 8.24. The van der Waals surface area contributed by atoms with Crippen LogP contribution in [0.4, 0.5) is 5.13 Å². The fourth-order valence-electron chi connectivity index (χ4n) is 1.49. The van der Waals surface area contributed by atoms with Crippen LogP contribution < -0.4 is 11.1 Å². The molecule has 2 aromatic heterocycles. The second-order valence-electron chi connectivity index (χ2n) is 3.66. The van der Waals surface area contributed by atoms with Crippen LogP contribution in [0.1, 0.15) is 17.9 Å². The van der Waals surface area contributed by atoms with Crippen molar-refractivity contribution in [3.8, 4) is 0 Å². The Morgan fingerprint density at radius 2 is 2.35 bits per heavy atom. The summed E-state index contributed by atoms with van der Waals surface area (Å²) in [6.45, 7) is 1.61. The first-order valence-electron chi connectivity index (χ1n) is 5.39. The standard InChI is InChI=1S/C11H14ClN3OS/c12-10-4-3-9(16-10)6-14-5-1-2-8-7-17-11(13)15-8/h3-4,7,14H,1-2,5-6H2,(H2,13,15). The van der Waals surface area contributed by atoms with Crippen LogP contribution in [0.5, 0.6) is 0 Å². The third-order valence-corrected chi connectivity index (χ3v) is 3.21. The number of halogens is 1. The van der Waals surface area contributed by atoms with Crippen molar-refractivity contribution in [3.63, 3.8) is 0 Å². The van der Waals surface area contributed by atoms with Crippen LogP contribution in [0.15, 0.2) is 21.9 Å². The second kappa shape index (κ2) is 6.05. The fourth-order valence-corrected chi connectivity index (χ4v) is 2.25. The first kappa shape index (κ1) is 12.4. The zero-order valence-corrected chi connectivity index (χ0v) is 10.9. The molecule has 4 nitrogen and oxygen atoms in total. The highest BCUT2D eigenvalue weighted by Gasteiger charge is 2.00. The quantitative estimate of drug-likeness (QED) is 0.793. The number of aromatic nitrogens is 1. The molecule has 0 unspecified atom stereocenters. The number of hydrogen-bond acceptors (Lipinski definition) is 5. The van der Waals surface area contributed by atoms with Crippen molar-refractivity contribution in [2.45, 2.75) is 19.4 Å². The van der Waals surface area contributed by atoms with E-state index in [1.54, 1.807) is 6.07 Å². The molecular formula is C11H14ClN3OS. The molecule has 0 saturated carbocycles. The molecule has 6 heteroatoms. The van der Waals surface area contributed by atoms with Gasteiger partial charge in [-0.25, -0.2) is 4.98 Å². The Labute approximate surface area is 109 Å². The number of aryl methyl sites for hydroxylation is 1. The topological polar surface area (TPSA) is 64.1 Å². The van der Waals surface area contributed by atoms with E-state index >= 15 is 0 Å². The van der Waals surface area contributed by atoms with Gasteiger partial charge in [-0.15, -0.1) is 11.3 Å². The summed E-state index contributed by atoms with van der Waals surface area (Å²) >= 11 is 7.15. The molecule has 2 heterocycles. The van der Waals surface area contributed by atoms with Gasteiger partial charge in [0.25, 0.3) is 0 Å². The third kappa shape index (κ3) is 4.03. The van der Waals surface area contributed by atoms with Crippen LogP contribution in [0.3, 0.4) is 0 Å². The summed E-state index contributed by atoms with van der Waals surface area (Å²) in [7, 11) is 0. The summed E-state index contributed by atoms with van der Waals surface area (Å²) in [5.41, 5.74) is 6.62. The minimum absolute atomic E-state index is 0.430. The van der Waals surface area contributed by atoms with Crippen LogP contribution in [0.2, 0.25) is 5.22 Å². The van der Waals surface area contributed by atoms with E-state index in [0.29, 0.717) is 16.9 Å². The average Bonchev–Trinajstić information content (AvgIpc) is 2.88. The highest BCUT2D eigenvalue weighted by molar-refractivity contribution is 7.13. The Hall–Kier alpha value is -1.04. The van der Waals surface area contributed by atoms with Crippen LogP contribution >= 0.6 is 22.9 Å². The van der Waals surface area contributed by atoms with Crippen LogP contribution in [0.25, 0.3) is 0 Å². The van der Waals surface area contributed by atoms with Crippen molar-refractivity contribution in [3.05, 3.63) is 34.2 Å². The predicted octanol–water partition coefficient (Wildman–Crippen LogP) is 2.69. The predicted molar refractivity (Wildman–Crippen MR) is 70.3 cm³/mol. The second-order valence-corrected chi connectivity index (χ2v) is 4.93. The Kier molecular flexibility index (Phi) is 4.42. The van der Waals surface area contributed by atoms with Gasteiger partial charge in [0.15, 0.2) is 10.4 Å². The zero-order chi connectivity index (χ0) is 12.1. The minimum Gasteiger partial charge on any atom is -0.448 e. The summed E-state index contributed by atoms with van der Waals surface area (Å²) in [5, 5.41) is 6.35. The highest BCUT2D eigenvalue weighted by atomic mass is 35.5. The molecule has 0 spiro atoms. The molecule has 0 aliphatic heterocycles. The van der Waals surface area contributed by atoms with E-state index in [4.69, 9.17) is 21.8 Å². The largest absolute Gasteiger partial charge is 0.448 e. The van der Waals surface area contributed by atoms with Crippen molar-refractivity contribution >= 4 is 28.1 Å². The van der Waals surface area contributed by atoms with E-state index < -0.39 is 0 Å². The maximum Gasteiger partial charge on any atom is 0.193 e. The molecule has 0 saturated heterocycles. The number of thiazole rings is 1. The summed E-state index contributed by atoms with van der Waals surface area (Å²) in [6.07, 6.45) is 1.97. The number of anilines is 1. The maximum absolute atomic E-state index is 5.67. The van der Waals surface area contributed by atoms with Crippen LogP contribution in [0, 0.1) is 0 Å². The van der Waals surface area contributed by atoms with Crippen molar-refractivity contribution in [2.24, 2.45) is 0 Å². The molecule has 0 fully saturated rings. The molecule has 3 N–H and O–H groups in total. The van der Waals surface area contributed by atoms with Gasteiger partial charge in [-0.05, 0) is 43.1 Å². The van der Waals surface area contributed by atoms with Gasteiger partial charge >= 0.3 is 0 Å². The summed E-state index contributed by atoms with van der Waals surface area (Å²) in [5.74, 6) is 0.855. The number of nitrogens with one attached hydrogen (secondary N) is 1. The fraction of sp³-hybridized carbons (Fsp3) is 0.364. The molecule has 92 valence electrons. The van der Waals surface area contributed by atoms with E-state index in [9.17, 15) is 0 Å². The molecule has 17 heavy (non-hydrogen) atoms. The van der Waals surface area contributed by atoms with Crippen molar-refractivity contribution < 1.29 is 4.42 Å². The Balaban J connectivity index is 1.60. The van der Waals surface area contributed by atoms with Crippen LogP contribution in [-0.2, 0) is 13.0 Å². The van der Waals surface area contributed by atoms with Gasteiger partial charge in [-0.1, -0.05) is 0 Å². The lowest BCUT2D eigenvalue weighted by Crippen LogP contribution is -2.14. The lowest BCUT2D eigenvalue weighted by molar-refractivity contribution is 0.482. The minimum atomic E-state index is 0.430. The number of furan rings is 1. The van der Waals surface area contributed by atoms with E-state index in [-0.39, 0.29) is 0 Å². The molecular weight excluding hydrogens is 258 g/mol. The Morgan fingerprint density at radius 3 is 3.00 bits per heavy atom. The van der Waals surface area contributed by atoms with Crippen molar-refractivity contribution in [1.82, 2.24) is 10.3 Å². The van der Waals surface area contributed by atoms with Crippen molar-refractivity contribution in [1.29, 1.82) is 0 Å². The van der Waals surface area contributed by atoms with Gasteiger partial charge in [0, 0.05) is 5.38 Å². The maximum atomic E-state index is 5.67. The van der Waals surface area contributed by atoms with E-state index in [1.807, 2.05) is 11.4 Å². The molecule has 0 aliphatic rings. The molecule has 2 aromatic rings. The molecule has 2 rings (SSSR count). The lowest BCUT2D eigenvalue weighted by atomic mass is 10.2. The van der Waals surface area contributed by atoms with Gasteiger partial charge in [0.05, 0.1) is 12.2 Å². The zero-order valence-electron chi connectivity index (χ0n) is 9.28. The van der Waals surface area contributed by atoms with Crippen LogP contribution in [-0.4, -0.2) is 11.5 Å². The Morgan fingerprint density at radius 1 is 1.47 bits per heavy atom. The SMILES string of the molecule is Nc1nc(CCCNCc2ccc(Cl)o2)cs1. The number of nitrogens with two attached hydrogens (primary N) is 1. The molecule has 0 aromatic carbocycles. The normalized spacial score (nSPS) is 10.9. The number of hydrogen-bond donors (Lipinski definition) is 2. The lowest BCUT2D eigenvalue weighted by Gasteiger charge is -2.01. The van der Waals surface area contributed by atoms with Gasteiger partial charge in [0.2, 0.25) is 0 Å². The van der Waals surface area contributed by atoms with Crippen molar-refractivity contribution in [2.75, 3.05) is 12.3 Å². The van der Waals surface area contributed by atoms with Gasteiger partial charge < -0.3 is 15.5 Å². The molecule has 0 atom stereocenters. The van der Waals surface area contributed by atoms with E-state index in [0.717, 1.165) is 30.8 Å². The van der Waals surface area contributed by atoms with Gasteiger partial charge in [0.1, 0.15) is 5.76 Å². The van der Waals surface area contributed by atoms with E-state index in [1.165, 1.54) is 11.3 Å². The average molecular weight is 272 g/mol. The third-order valence-electron chi connectivity index (χ3n) is 2.28. The number of nitrogens with zero attached hydrogens (tertiary/aromatic N) is 1. The Bertz CT molecular complexity index is 426. The first-order valence-corrected chi connectivity index (χ1v) is 6.64. The highest BCUT2D eigenvalue weighted by Crippen LogP contribution is 2.13. The van der Waals surface area contributed by atoms with Gasteiger partial charge in [-0.2, -0.15) is 0 Å². The molecule has 0 aliphatic carbocycles. The summed E-state index contributed by atoms with van der Waals surface area (Å²) < 4.78 is 5.23.